The Morgan fingerprint density at radius 2 is 2.20 bits per heavy atom. The average molecular weight is 274 g/mol. The van der Waals surface area contributed by atoms with Crippen LogP contribution in [0.2, 0.25) is 0 Å². The second-order valence-electron chi connectivity index (χ2n) is 4.36. The number of furan rings is 1. The Hall–Kier alpha value is -2.43. The van der Waals surface area contributed by atoms with Gasteiger partial charge in [-0.05, 0) is 24.3 Å². The lowest BCUT2D eigenvalue weighted by atomic mass is 10.1. The molecule has 2 rings (SSSR count). The van der Waals surface area contributed by atoms with Crippen LogP contribution in [0.15, 0.2) is 34.9 Å². The number of carbonyl (C=O) groups is 1. The molecule has 0 unspecified atom stereocenters. The van der Waals surface area contributed by atoms with Crippen LogP contribution in [0.3, 0.4) is 0 Å². The number of nitrogens with two attached hydrogens (primary N) is 1. The number of amides is 1. The van der Waals surface area contributed by atoms with Gasteiger partial charge in [0.2, 0.25) is 0 Å². The van der Waals surface area contributed by atoms with Crippen LogP contribution >= 0.6 is 0 Å². The summed E-state index contributed by atoms with van der Waals surface area (Å²) < 4.78 is 10.5. The molecular weight excluding hydrogens is 256 g/mol. The van der Waals surface area contributed by atoms with Crippen LogP contribution in [0.1, 0.15) is 28.6 Å². The third-order valence-corrected chi connectivity index (χ3v) is 3.06. The van der Waals surface area contributed by atoms with E-state index in [2.05, 4.69) is 5.32 Å². The first-order valence-corrected chi connectivity index (χ1v) is 6.42. The zero-order valence-electron chi connectivity index (χ0n) is 11.6. The fraction of sp³-hybridized carbons (Fsp3) is 0.267. The third kappa shape index (κ3) is 2.93. The number of carbonyl (C=O) groups excluding carboxylic acids is 1. The van der Waals surface area contributed by atoms with E-state index in [4.69, 9.17) is 14.9 Å². The van der Waals surface area contributed by atoms with Crippen molar-refractivity contribution in [2.45, 2.75) is 19.9 Å². The summed E-state index contributed by atoms with van der Waals surface area (Å²) in [6.45, 7) is 2.29. The number of anilines is 1. The molecule has 1 amide bonds. The highest BCUT2D eigenvalue weighted by Gasteiger charge is 2.13. The topological polar surface area (TPSA) is 77.5 Å². The van der Waals surface area contributed by atoms with Gasteiger partial charge in [0.05, 0.1) is 18.9 Å². The van der Waals surface area contributed by atoms with Crippen molar-refractivity contribution >= 4 is 11.6 Å². The molecule has 1 aromatic carbocycles. The Morgan fingerprint density at radius 3 is 2.90 bits per heavy atom. The SMILES string of the molecule is CCc1occc1C(=O)NCc1cc(N)ccc1OC. The predicted octanol–water partition coefficient (Wildman–Crippen LogP) is 2.36. The van der Waals surface area contributed by atoms with Gasteiger partial charge >= 0.3 is 0 Å². The maximum atomic E-state index is 12.1. The van der Waals surface area contributed by atoms with E-state index in [9.17, 15) is 4.79 Å². The van der Waals surface area contributed by atoms with E-state index in [1.165, 1.54) is 6.26 Å². The molecule has 0 aliphatic carbocycles. The molecule has 106 valence electrons. The standard InChI is InChI=1S/C15H18N2O3/c1-3-13-12(6-7-20-13)15(18)17-9-10-8-11(16)4-5-14(10)19-2/h4-8H,3,9,16H2,1-2H3,(H,17,18). The summed E-state index contributed by atoms with van der Waals surface area (Å²) in [6.07, 6.45) is 2.20. The molecule has 1 aromatic heterocycles. The van der Waals surface area contributed by atoms with Crippen molar-refractivity contribution in [1.29, 1.82) is 0 Å². The number of nitrogens with one attached hydrogen (secondary N) is 1. The van der Waals surface area contributed by atoms with Crippen LogP contribution in [0.5, 0.6) is 5.75 Å². The van der Waals surface area contributed by atoms with Gasteiger partial charge < -0.3 is 20.2 Å². The molecule has 0 radical (unpaired) electrons. The van der Waals surface area contributed by atoms with Crippen LogP contribution in [-0.4, -0.2) is 13.0 Å². The molecule has 0 aliphatic rings. The summed E-state index contributed by atoms with van der Waals surface area (Å²) in [5.74, 6) is 1.21. The van der Waals surface area contributed by atoms with Crippen molar-refractivity contribution in [1.82, 2.24) is 5.32 Å². The molecule has 5 heteroatoms. The quantitative estimate of drug-likeness (QED) is 0.820. The van der Waals surface area contributed by atoms with Crippen molar-refractivity contribution in [3.05, 3.63) is 47.4 Å². The lowest BCUT2D eigenvalue weighted by molar-refractivity contribution is 0.0948. The molecule has 0 aliphatic heterocycles. The zero-order chi connectivity index (χ0) is 14.5. The highest BCUT2D eigenvalue weighted by molar-refractivity contribution is 5.95. The summed E-state index contributed by atoms with van der Waals surface area (Å²) in [6, 6.07) is 7.00. The van der Waals surface area contributed by atoms with Crippen molar-refractivity contribution in [2.75, 3.05) is 12.8 Å². The molecule has 0 saturated carbocycles. The highest BCUT2D eigenvalue weighted by atomic mass is 16.5. The second kappa shape index (κ2) is 6.14. The Balaban J connectivity index is 2.09. The van der Waals surface area contributed by atoms with Gasteiger partial charge in [0.15, 0.2) is 0 Å². The Morgan fingerprint density at radius 1 is 1.40 bits per heavy atom. The van der Waals surface area contributed by atoms with Gasteiger partial charge in [0.25, 0.3) is 5.91 Å². The van der Waals surface area contributed by atoms with E-state index in [0.717, 1.165) is 5.56 Å². The molecule has 3 N–H and O–H groups in total. The number of rotatable bonds is 5. The Bertz CT molecular complexity index is 605. The molecule has 5 nitrogen and oxygen atoms in total. The smallest absolute Gasteiger partial charge is 0.255 e. The summed E-state index contributed by atoms with van der Waals surface area (Å²) in [5, 5.41) is 2.84. The minimum Gasteiger partial charge on any atom is -0.496 e. The van der Waals surface area contributed by atoms with Crippen molar-refractivity contribution < 1.29 is 13.9 Å². The fourth-order valence-electron chi connectivity index (χ4n) is 2.02. The number of hydrogen-bond acceptors (Lipinski definition) is 4. The van der Waals surface area contributed by atoms with Gasteiger partial charge in [-0.1, -0.05) is 6.92 Å². The first-order valence-electron chi connectivity index (χ1n) is 6.42. The molecule has 0 bridgehead atoms. The summed E-state index contributed by atoms with van der Waals surface area (Å²) in [5.41, 5.74) is 7.78. The van der Waals surface area contributed by atoms with Gasteiger partial charge in [0, 0.05) is 24.2 Å². The minimum absolute atomic E-state index is 0.167. The van der Waals surface area contributed by atoms with Gasteiger partial charge in [-0.3, -0.25) is 4.79 Å². The number of methoxy groups -OCH3 is 1. The first kappa shape index (κ1) is 14.0. The summed E-state index contributed by atoms with van der Waals surface area (Å²) in [7, 11) is 1.59. The van der Waals surface area contributed by atoms with Crippen molar-refractivity contribution in [2.24, 2.45) is 0 Å². The third-order valence-electron chi connectivity index (χ3n) is 3.06. The molecule has 2 aromatic rings. The number of hydrogen-bond donors (Lipinski definition) is 2. The Kier molecular flexibility index (Phi) is 4.30. The normalized spacial score (nSPS) is 10.3. The van der Waals surface area contributed by atoms with E-state index in [0.29, 0.717) is 35.7 Å². The minimum atomic E-state index is -0.167. The zero-order valence-corrected chi connectivity index (χ0v) is 11.6. The van der Waals surface area contributed by atoms with Crippen LogP contribution in [-0.2, 0) is 13.0 Å². The summed E-state index contributed by atoms with van der Waals surface area (Å²) in [4.78, 5) is 12.1. The molecule has 0 spiro atoms. The van der Waals surface area contributed by atoms with E-state index >= 15 is 0 Å². The molecule has 0 fully saturated rings. The van der Waals surface area contributed by atoms with E-state index in [-0.39, 0.29) is 5.91 Å². The predicted molar refractivity (Wildman–Crippen MR) is 76.7 cm³/mol. The molecular formula is C15H18N2O3. The lowest BCUT2D eigenvalue weighted by Crippen LogP contribution is -2.23. The van der Waals surface area contributed by atoms with Gasteiger partial charge in [-0.25, -0.2) is 0 Å². The van der Waals surface area contributed by atoms with E-state index in [1.54, 1.807) is 31.4 Å². The number of aryl methyl sites for hydroxylation is 1. The number of benzene rings is 1. The van der Waals surface area contributed by atoms with Crippen LogP contribution in [0, 0.1) is 0 Å². The van der Waals surface area contributed by atoms with Crippen LogP contribution in [0.4, 0.5) is 5.69 Å². The maximum Gasteiger partial charge on any atom is 0.255 e. The average Bonchev–Trinajstić information content (AvgIpc) is 2.93. The molecule has 0 saturated heterocycles. The van der Waals surface area contributed by atoms with Gasteiger partial charge in [-0.2, -0.15) is 0 Å². The first-order chi connectivity index (χ1) is 9.65. The van der Waals surface area contributed by atoms with E-state index in [1.807, 2.05) is 6.92 Å². The van der Waals surface area contributed by atoms with Crippen molar-refractivity contribution in [3.63, 3.8) is 0 Å². The van der Waals surface area contributed by atoms with Gasteiger partial charge in [-0.15, -0.1) is 0 Å². The van der Waals surface area contributed by atoms with E-state index < -0.39 is 0 Å². The number of nitrogen functional groups attached to an aromatic ring is 1. The lowest BCUT2D eigenvalue weighted by Gasteiger charge is -2.10. The highest BCUT2D eigenvalue weighted by Crippen LogP contribution is 2.21. The fourth-order valence-corrected chi connectivity index (χ4v) is 2.02. The van der Waals surface area contributed by atoms with Crippen LogP contribution in [0.25, 0.3) is 0 Å². The monoisotopic (exact) mass is 274 g/mol. The maximum absolute atomic E-state index is 12.1. The Labute approximate surface area is 117 Å². The molecule has 0 atom stereocenters. The molecule has 20 heavy (non-hydrogen) atoms. The van der Waals surface area contributed by atoms with Crippen molar-refractivity contribution in [3.8, 4) is 5.75 Å². The largest absolute Gasteiger partial charge is 0.496 e. The molecule has 1 heterocycles. The van der Waals surface area contributed by atoms with Crippen LogP contribution < -0.4 is 15.8 Å². The van der Waals surface area contributed by atoms with Gasteiger partial charge in [0.1, 0.15) is 11.5 Å². The summed E-state index contributed by atoms with van der Waals surface area (Å²) >= 11 is 0. The number of ether oxygens (including phenoxy) is 1. The second-order valence-corrected chi connectivity index (χ2v) is 4.36.